The maximum absolute atomic E-state index is 12.1. The number of carboxylic acid groups (broad SMARTS) is 1. The Morgan fingerprint density at radius 1 is 1.45 bits per heavy atom. The number of carbonyl (C=O) groups is 2. The van der Waals surface area contributed by atoms with Crippen LogP contribution < -0.4 is 0 Å². The third-order valence-corrected chi connectivity index (χ3v) is 3.59. The first-order valence-electron chi connectivity index (χ1n) is 5.66. The highest BCUT2D eigenvalue weighted by atomic mass is 32.2. The summed E-state index contributed by atoms with van der Waals surface area (Å²) in [6.45, 7) is 2.76. The van der Waals surface area contributed by atoms with E-state index >= 15 is 0 Å². The summed E-state index contributed by atoms with van der Waals surface area (Å²) in [6.07, 6.45) is 0. The van der Waals surface area contributed by atoms with Crippen LogP contribution >= 0.6 is 11.8 Å². The molecule has 0 spiro atoms. The fourth-order valence-electron chi connectivity index (χ4n) is 1.28. The largest absolute Gasteiger partial charge is 0.480 e. The normalized spacial score (nSPS) is 11.7. The van der Waals surface area contributed by atoms with Gasteiger partial charge < -0.3 is 14.4 Å². The van der Waals surface area contributed by atoms with Crippen LogP contribution in [-0.2, 0) is 10.5 Å². The molecule has 112 valence electrons. The topological polar surface area (TPSA) is 70.8 Å². The predicted molar refractivity (Wildman–Crippen MR) is 69.8 cm³/mol. The number of alkyl halides is 2. The first-order chi connectivity index (χ1) is 9.16. The van der Waals surface area contributed by atoms with Gasteiger partial charge in [-0.2, -0.15) is 8.78 Å². The minimum absolute atomic E-state index is 0.0585. The van der Waals surface area contributed by atoms with Crippen LogP contribution in [0.3, 0.4) is 0 Å². The van der Waals surface area contributed by atoms with E-state index in [-0.39, 0.29) is 17.3 Å². The molecule has 1 aromatic heterocycles. The van der Waals surface area contributed by atoms with E-state index in [2.05, 4.69) is 0 Å². The molecule has 0 saturated carbocycles. The molecular formula is C12H15F2NO4S. The Morgan fingerprint density at radius 3 is 2.55 bits per heavy atom. The summed E-state index contributed by atoms with van der Waals surface area (Å²) in [5, 5.41) is 9.05. The first kappa shape index (κ1) is 16.5. The van der Waals surface area contributed by atoms with Crippen molar-refractivity contribution in [2.75, 3.05) is 7.05 Å². The lowest BCUT2D eigenvalue weighted by Gasteiger charge is -2.30. The lowest BCUT2D eigenvalue weighted by Crippen LogP contribution is -2.50. The van der Waals surface area contributed by atoms with Crippen molar-refractivity contribution >= 4 is 23.6 Å². The maximum Gasteiger partial charge on any atom is 0.329 e. The SMILES string of the molecule is CN(C(=O)c1ccc(CSC(F)F)o1)C(C)(C)C(=O)O. The highest BCUT2D eigenvalue weighted by Crippen LogP contribution is 2.23. The summed E-state index contributed by atoms with van der Waals surface area (Å²) in [4.78, 5) is 24.2. The molecule has 8 heteroatoms. The molecule has 0 radical (unpaired) electrons. The lowest BCUT2D eigenvalue weighted by atomic mass is 10.0. The molecule has 1 heterocycles. The number of nitrogens with zero attached hydrogens (tertiary/aromatic N) is 1. The average molecular weight is 307 g/mol. The fourth-order valence-corrected chi connectivity index (χ4v) is 1.72. The molecule has 0 unspecified atom stereocenters. The van der Waals surface area contributed by atoms with E-state index in [1.165, 1.54) is 33.0 Å². The van der Waals surface area contributed by atoms with Gasteiger partial charge in [-0.15, -0.1) is 0 Å². The van der Waals surface area contributed by atoms with Crippen molar-refractivity contribution in [1.82, 2.24) is 4.90 Å². The van der Waals surface area contributed by atoms with Crippen molar-refractivity contribution in [2.45, 2.75) is 30.9 Å². The molecule has 0 bridgehead atoms. The molecule has 1 amide bonds. The van der Waals surface area contributed by atoms with Crippen molar-refractivity contribution in [3.05, 3.63) is 23.7 Å². The smallest absolute Gasteiger partial charge is 0.329 e. The molecule has 0 aliphatic heterocycles. The van der Waals surface area contributed by atoms with E-state index in [0.29, 0.717) is 11.8 Å². The van der Waals surface area contributed by atoms with Crippen molar-refractivity contribution in [2.24, 2.45) is 0 Å². The molecule has 5 nitrogen and oxygen atoms in total. The van der Waals surface area contributed by atoms with E-state index < -0.39 is 23.2 Å². The van der Waals surface area contributed by atoms with Gasteiger partial charge in [0.05, 0.1) is 5.75 Å². The first-order valence-corrected chi connectivity index (χ1v) is 6.71. The van der Waals surface area contributed by atoms with Gasteiger partial charge in [-0.1, -0.05) is 11.8 Å². The van der Waals surface area contributed by atoms with Gasteiger partial charge >= 0.3 is 5.97 Å². The van der Waals surface area contributed by atoms with E-state index in [1.807, 2.05) is 0 Å². The van der Waals surface area contributed by atoms with Gasteiger partial charge in [0.25, 0.3) is 11.7 Å². The monoisotopic (exact) mass is 307 g/mol. The third-order valence-electron chi connectivity index (χ3n) is 2.89. The van der Waals surface area contributed by atoms with Crippen molar-refractivity contribution in [3.8, 4) is 0 Å². The van der Waals surface area contributed by atoms with E-state index in [0.717, 1.165) is 4.90 Å². The van der Waals surface area contributed by atoms with E-state index in [1.54, 1.807) is 0 Å². The standard InChI is InChI=1S/C12H15F2NO4S/c1-12(2,10(17)18)15(3)9(16)8-5-4-7(19-8)6-20-11(13)14/h4-5,11H,6H2,1-3H3,(H,17,18). The number of aliphatic carboxylic acids is 1. The highest BCUT2D eigenvalue weighted by Gasteiger charge is 2.36. The number of likely N-dealkylation sites (N-methyl/N-ethyl adjacent to an activating group) is 1. The highest BCUT2D eigenvalue weighted by molar-refractivity contribution is 7.98. The summed E-state index contributed by atoms with van der Waals surface area (Å²) in [5.41, 5.74) is -1.40. The zero-order valence-electron chi connectivity index (χ0n) is 11.2. The number of hydrogen-bond acceptors (Lipinski definition) is 4. The van der Waals surface area contributed by atoms with Gasteiger partial charge in [-0.3, -0.25) is 4.79 Å². The second kappa shape index (κ2) is 6.25. The minimum Gasteiger partial charge on any atom is -0.480 e. The molecule has 0 fully saturated rings. The molecule has 0 aliphatic carbocycles. The minimum atomic E-state index is -2.52. The number of carbonyl (C=O) groups excluding carboxylic acids is 1. The summed E-state index contributed by atoms with van der Waals surface area (Å²) in [6, 6.07) is 2.77. The van der Waals surface area contributed by atoms with Gasteiger partial charge in [-0.25, -0.2) is 4.79 Å². The molecule has 1 aromatic rings. The fraction of sp³-hybridized carbons (Fsp3) is 0.500. The molecule has 0 saturated heterocycles. The summed E-state index contributed by atoms with van der Waals surface area (Å²) < 4.78 is 29.2. The Kier molecular flexibility index (Phi) is 5.15. The van der Waals surface area contributed by atoms with Crippen LogP contribution in [0.15, 0.2) is 16.5 Å². The van der Waals surface area contributed by atoms with Gasteiger partial charge in [0.2, 0.25) is 0 Å². The Hall–Kier alpha value is -1.57. The number of amides is 1. The zero-order valence-corrected chi connectivity index (χ0v) is 12.0. The number of thioether (sulfide) groups is 1. The Morgan fingerprint density at radius 2 is 2.05 bits per heavy atom. The Bertz CT molecular complexity index is 501. The number of carboxylic acids is 1. The summed E-state index contributed by atoms with van der Waals surface area (Å²) in [5.74, 6) is -4.20. The van der Waals surface area contributed by atoms with Crippen LogP contribution in [0.2, 0.25) is 0 Å². The summed E-state index contributed by atoms with van der Waals surface area (Å²) >= 11 is 0.382. The van der Waals surface area contributed by atoms with Crippen molar-refractivity contribution in [1.29, 1.82) is 0 Å². The maximum atomic E-state index is 12.1. The molecule has 20 heavy (non-hydrogen) atoms. The van der Waals surface area contributed by atoms with E-state index in [9.17, 15) is 18.4 Å². The second-order valence-corrected chi connectivity index (χ2v) is 5.54. The molecule has 0 aromatic carbocycles. The number of hydrogen-bond donors (Lipinski definition) is 1. The zero-order chi connectivity index (χ0) is 15.5. The van der Waals surface area contributed by atoms with Crippen LogP contribution in [0.1, 0.15) is 30.2 Å². The van der Waals surface area contributed by atoms with Crippen molar-refractivity contribution < 1.29 is 27.9 Å². The number of rotatable bonds is 6. The van der Waals surface area contributed by atoms with Crippen LogP contribution in [0.25, 0.3) is 0 Å². The number of furan rings is 1. The molecule has 1 N–H and O–H groups in total. The quantitative estimate of drug-likeness (QED) is 0.875. The third kappa shape index (κ3) is 3.72. The van der Waals surface area contributed by atoms with Crippen LogP contribution in [-0.4, -0.2) is 40.2 Å². The Balaban J connectivity index is 2.80. The summed E-state index contributed by atoms with van der Waals surface area (Å²) in [7, 11) is 1.34. The van der Waals surface area contributed by atoms with Crippen molar-refractivity contribution in [3.63, 3.8) is 0 Å². The predicted octanol–water partition coefficient (Wildman–Crippen LogP) is 2.67. The van der Waals surface area contributed by atoms with E-state index in [4.69, 9.17) is 9.52 Å². The van der Waals surface area contributed by atoms with Gasteiger partial charge in [0.1, 0.15) is 11.3 Å². The van der Waals surface area contributed by atoms with Gasteiger partial charge in [0, 0.05) is 7.05 Å². The van der Waals surface area contributed by atoms with Gasteiger partial charge in [0.15, 0.2) is 5.76 Å². The molecule has 0 aliphatic rings. The Labute approximate surface area is 118 Å². The lowest BCUT2D eigenvalue weighted by molar-refractivity contribution is -0.147. The molecule has 0 atom stereocenters. The molecule has 1 rings (SSSR count). The molecular weight excluding hydrogens is 292 g/mol. The van der Waals surface area contributed by atoms with Crippen LogP contribution in [0.5, 0.6) is 0 Å². The average Bonchev–Trinajstić information content (AvgIpc) is 2.83. The number of halogens is 2. The van der Waals surface area contributed by atoms with Gasteiger partial charge in [-0.05, 0) is 26.0 Å². The van der Waals surface area contributed by atoms with Crippen LogP contribution in [0, 0.1) is 0 Å². The van der Waals surface area contributed by atoms with Crippen LogP contribution in [0.4, 0.5) is 8.78 Å². The second-order valence-electron chi connectivity index (χ2n) is 4.57.